The van der Waals surface area contributed by atoms with Gasteiger partial charge in [-0.05, 0) is 0 Å². The van der Waals surface area contributed by atoms with Crippen molar-refractivity contribution in [1.29, 1.82) is 0 Å². The van der Waals surface area contributed by atoms with Gasteiger partial charge in [0.05, 0.1) is 0 Å². The zero-order valence-electron chi connectivity index (χ0n) is 8.80. The fourth-order valence-corrected chi connectivity index (χ4v) is 0.834. The van der Waals surface area contributed by atoms with E-state index in [0.29, 0.717) is 6.42 Å². The van der Waals surface area contributed by atoms with Crippen molar-refractivity contribution in [2.45, 2.75) is 23.2 Å². The second-order valence-corrected chi connectivity index (χ2v) is 5.30. The van der Waals surface area contributed by atoms with E-state index in [1.165, 1.54) is 0 Å². The molecule has 0 bridgehead atoms. The lowest BCUT2D eigenvalue weighted by Gasteiger charge is -2.13. The molecule has 0 spiro atoms. The molecule has 0 saturated carbocycles. The van der Waals surface area contributed by atoms with Gasteiger partial charge in [-0.2, -0.15) is 0 Å². The maximum Gasteiger partial charge on any atom is 0.408 e. The zero-order chi connectivity index (χ0) is 13.5. The molecule has 2 N–H and O–H groups in total. The number of hydrogen-bond donors (Lipinski definition) is 2. The van der Waals surface area contributed by atoms with Gasteiger partial charge in [0.15, 0.2) is 6.04 Å². The molecule has 0 aromatic heterocycles. The van der Waals surface area contributed by atoms with Gasteiger partial charge < -0.3 is 9.84 Å². The van der Waals surface area contributed by atoms with Crippen LogP contribution in [0, 0.1) is 11.8 Å². The smallest absolute Gasteiger partial charge is 0.408 e. The van der Waals surface area contributed by atoms with Crippen LogP contribution in [0.4, 0.5) is 4.79 Å². The third kappa shape index (κ3) is 8.93. The highest BCUT2D eigenvalue weighted by molar-refractivity contribution is 6.67. The molecule has 0 rings (SSSR count). The first-order valence-corrected chi connectivity index (χ1v) is 5.61. The van der Waals surface area contributed by atoms with Crippen LogP contribution in [-0.2, 0) is 9.53 Å². The SMILES string of the molecule is CCC#C[C@@H](NC(=O)OCC(Cl)(Cl)Cl)C(=O)O. The van der Waals surface area contributed by atoms with Crippen molar-refractivity contribution in [2.75, 3.05) is 6.61 Å². The predicted octanol–water partition coefficient (Wildman–Crippen LogP) is 1.95. The summed E-state index contributed by atoms with van der Waals surface area (Å²) in [5.74, 6) is 3.57. The topological polar surface area (TPSA) is 75.6 Å². The van der Waals surface area contributed by atoms with Gasteiger partial charge in [0.25, 0.3) is 0 Å². The van der Waals surface area contributed by atoms with Gasteiger partial charge >= 0.3 is 12.1 Å². The first-order chi connectivity index (χ1) is 7.76. The minimum atomic E-state index is -1.74. The Labute approximate surface area is 113 Å². The number of amides is 1. The number of halogens is 3. The lowest BCUT2D eigenvalue weighted by molar-refractivity contribution is -0.137. The summed E-state index contributed by atoms with van der Waals surface area (Å²) in [5.41, 5.74) is 0. The highest BCUT2D eigenvalue weighted by Gasteiger charge is 2.24. The Kier molecular flexibility index (Phi) is 7.12. The fourth-order valence-electron chi connectivity index (χ4n) is 0.671. The molecule has 0 saturated heterocycles. The van der Waals surface area contributed by atoms with Gasteiger partial charge in [0.2, 0.25) is 3.79 Å². The Bertz CT molecular complexity index is 342. The molecule has 0 aliphatic rings. The quantitative estimate of drug-likeness (QED) is 0.617. The summed E-state index contributed by atoms with van der Waals surface area (Å²) >= 11 is 16.0. The van der Waals surface area contributed by atoms with E-state index in [1.807, 2.05) is 5.32 Å². The minimum absolute atomic E-state index is 0.467. The minimum Gasteiger partial charge on any atom is -0.479 e. The number of ether oxygens (including phenoxy) is 1. The third-order valence-electron chi connectivity index (χ3n) is 1.30. The van der Waals surface area contributed by atoms with Crippen LogP contribution in [-0.4, -0.2) is 33.6 Å². The van der Waals surface area contributed by atoms with E-state index >= 15 is 0 Å². The molecule has 1 amide bonds. The molecule has 5 nitrogen and oxygen atoms in total. The molecule has 0 aliphatic heterocycles. The second-order valence-electron chi connectivity index (χ2n) is 2.78. The van der Waals surface area contributed by atoms with Crippen molar-refractivity contribution in [1.82, 2.24) is 5.32 Å². The number of rotatable bonds is 3. The number of hydrogen-bond acceptors (Lipinski definition) is 3. The number of alkyl carbamates (subject to hydrolysis) is 1. The van der Waals surface area contributed by atoms with Crippen molar-refractivity contribution < 1.29 is 19.4 Å². The predicted molar refractivity (Wildman–Crippen MR) is 64.3 cm³/mol. The van der Waals surface area contributed by atoms with Gasteiger partial charge in [-0.15, -0.1) is 5.92 Å². The van der Waals surface area contributed by atoms with Crippen LogP contribution >= 0.6 is 34.8 Å². The molecule has 17 heavy (non-hydrogen) atoms. The van der Waals surface area contributed by atoms with E-state index in [4.69, 9.17) is 39.9 Å². The Morgan fingerprint density at radius 2 is 2.06 bits per heavy atom. The average Bonchev–Trinajstić information content (AvgIpc) is 2.19. The Hall–Kier alpha value is -0.830. The Morgan fingerprint density at radius 3 is 2.47 bits per heavy atom. The van der Waals surface area contributed by atoms with Gasteiger partial charge in [-0.1, -0.05) is 47.6 Å². The van der Waals surface area contributed by atoms with Crippen LogP contribution in [0.15, 0.2) is 0 Å². The van der Waals surface area contributed by atoms with Crippen LogP contribution in [0.5, 0.6) is 0 Å². The average molecular weight is 303 g/mol. The number of nitrogens with one attached hydrogen (secondary N) is 1. The monoisotopic (exact) mass is 301 g/mol. The van der Waals surface area contributed by atoms with Crippen molar-refractivity contribution in [3.8, 4) is 11.8 Å². The van der Waals surface area contributed by atoms with E-state index in [0.717, 1.165) is 0 Å². The summed E-state index contributed by atoms with van der Waals surface area (Å²) in [6.45, 7) is 1.25. The van der Waals surface area contributed by atoms with Crippen LogP contribution in [0.1, 0.15) is 13.3 Å². The largest absolute Gasteiger partial charge is 0.479 e. The van der Waals surface area contributed by atoms with Gasteiger partial charge in [-0.3, -0.25) is 5.32 Å². The zero-order valence-corrected chi connectivity index (χ0v) is 11.1. The molecular weight excluding hydrogens is 292 g/mol. The fraction of sp³-hybridized carbons (Fsp3) is 0.556. The summed E-state index contributed by atoms with van der Waals surface area (Å²) in [4.78, 5) is 21.8. The standard InChI is InChI=1S/C9H10Cl3NO4/c1-2-3-4-6(7(14)15)13-8(16)17-5-9(10,11)12/h6H,2,5H2,1H3,(H,13,16)(H,14,15)/t6-/m1/s1. The van der Waals surface area contributed by atoms with Crippen molar-refractivity contribution >= 4 is 46.9 Å². The molecule has 0 fully saturated rings. The number of carboxylic acids is 1. The lowest BCUT2D eigenvalue weighted by atomic mass is 10.3. The van der Waals surface area contributed by atoms with Gasteiger partial charge in [0, 0.05) is 6.42 Å². The number of carbonyl (C=O) groups is 2. The highest BCUT2D eigenvalue weighted by atomic mass is 35.6. The molecular formula is C9H10Cl3NO4. The summed E-state index contributed by atoms with van der Waals surface area (Å²) in [7, 11) is 0. The summed E-state index contributed by atoms with van der Waals surface area (Å²) in [6, 6.07) is -1.35. The van der Waals surface area contributed by atoms with Gasteiger partial charge in [0.1, 0.15) is 6.61 Å². The number of aliphatic carboxylic acids is 1. The van der Waals surface area contributed by atoms with Crippen LogP contribution in [0.25, 0.3) is 0 Å². The maximum absolute atomic E-state index is 11.1. The third-order valence-corrected chi connectivity index (χ3v) is 1.63. The normalized spacial score (nSPS) is 12.0. The summed E-state index contributed by atoms with van der Waals surface area (Å²) < 4.78 is 2.75. The summed E-state index contributed by atoms with van der Waals surface area (Å²) in [5, 5.41) is 10.7. The van der Waals surface area contributed by atoms with E-state index < -0.39 is 28.5 Å². The lowest BCUT2D eigenvalue weighted by Crippen LogP contribution is -2.40. The number of carboxylic acid groups (broad SMARTS) is 1. The molecule has 96 valence electrons. The molecule has 0 aromatic carbocycles. The maximum atomic E-state index is 11.1. The highest BCUT2D eigenvalue weighted by Crippen LogP contribution is 2.25. The number of carbonyl (C=O) groups excluding carboxylic acids is 1. The molecule has 0 radical (unpaired) electrons. The van der Waals surface area contributed by atoms with E-state index in [1.54, 1.807) is 6.92 Å². The van der Waals surface area contributed by atoms with E-state index in [9.17, 15) is 9.59 Å². The molecule has 0 aromatic rings. The molecule has 0 unspecified atom stereocenters. The van der Waals surface area contributed by atoms with Crippen LogP contribution < -0.4 is 5.32 Å². The second kappa shape index (κ2) is 7.49. The van der Waals surface area contributed by atoms with Crippen LogP contribution in [0.3, 0.4) is 0 Å². The molecule has 0 aliphatic carbocycles. The van der Waals surface area contributed by atoms with Crippen molar-refractivity contribution in [2.24, 2.45) is 0 Å². The van der Waals surface area contributed by atoms with Crippen molar-refractivity contribution in [3.63, 3.8) is 0 Å². The van der Waals surface area contributed by atoms with Gasteiger partial charge in [-0.25, -0.2) is 9.59 Å². The molecule has 1 atom stereocenters. The number of alkyl halides is 3. The summed E-state index contributed by atoms with van der Waals surface area (Å²) in [6.07, 6.45) is -0.552. The molecule has 8 heteroatoms. The molecule has 0 heterocycles. The first-order valence-electron chi connectivity index (χ1n) is 4.47. The van der Waals surface area contributed by atoms with Crippen molar-refractivity contribution in [3.05, 3.63) is 0 Å². The van der Waals surface area contributed by atoms with E-state index in [2.05, 4.69) is 16.6 Å². The Morgan fingerprint density at radius 1 is 1.47 bits per heavy atom. The van der Waals surface area contributed by atoms with Crippen LogP contribution in [0.2, 0.25) is 0 Å². The first kappa shape index (κ1) is 16.2. The Balaban J connectivity index is 4.28. The van der Waals surface area contributed by atoms with E-state index in [-0.39, 0.29) is 0 Å².